The summed E-state index contributed by atoms with van der Waals surface area (Å²) in [5.41, 5.74) is 3.97. The molecule has 6 N–H and O–H groups in total. The molecule has 0 unspecified atom stereocenters. The fourth-order valence-corrected chi connectivity index (χ4v) is 3.89. The topological polar surface area (TPSA) is 99.4 Å². The van der Waals surface area contributed by atoms with Gasteiger partial charge in [-0.25, -0.2) is 22.3 Å². The number of aryl methyl sites for hydroxylation is 1. The summed E-state index contributed by atoms with van der Waals surface area (Å²) in [4.78, 5) is 12.1. The minimum Gasteiger partial charge on any atom is -0.394 e. The summed E-state index contributed by atoms with van der Waals surface area (Å²) in [5, 5.41) is 11.7. The summed E-state index contributed by atoms with van der Waals surface area (Å²) in [7, 11) is 0. The Hall–Kier alpha value is -3.28. The first kappa shape index (κ1) is 27.3. The number of carbonyl (C=O) groups excluding carboxylic acids is 1. The molecule has 0 aromatic heterocycles. The number of amides is 1. The molecule has 6 nitrogen and oxygen atoms in total. The molecule has 0 fully saturated rings. The number of anilines is 3. The minimum absolute atomic E-state index is 0.0287. The van der Waals surface area contributed by atoms with Gasteiger partial charge in [0.25, 0.3) is 5.91 Å². The summed E-state index contributed by atoms with van der Waals surface area (Å²) in [6.07, 6.45) is -0.385. The number of aliphatic hydroxyl groups excluding tert-OH is 1. The van der Waals surface area contributed by atoms with E-state index < -0.39 is 46.0 Å². The second-order valence-electron chi connectivity index (χ2n) is 8.86. The Labute approximate surface area is 210 Å². The van der Waals surface area contributed by atoms with Crippen molar-refractivity contribution >= 4 is 35.1 Å². The number of hydrogen-bond donors (Lipinski definition) is 5. The third kappa shape index (κ3) is 6.28. The number of benzene rings is 3. The third-order valence-corrected chi connectivity index (χ3v) is 6.25. The van der Waals surface area contributed by atoms with Crippen molar-refractivity contribution in [2.24, 2.45) is 5.73 Å². The number of halogens is 4. The number of primary amides is 1. The van der Waals surface area contributed by atoms with E-state index in [1.807, 2.05) is 0 Å². The monoisotopic (exact) mass is 522 g/mol. The molecule has 3 aromatic carbocycles. The largest absolute Gasteiger partial charge is 0.394 e. The Morgan fingerprint density at radius 2 is 1.72 bits per heavy atom. The molecule has 192 valence electrons. The number of nitrogens with one attached hydrogen (secondary N) is 3. The van der Waals surface area contributed by atoms with Gasteiger partial charge in [0.2, 0.25) is 0 Å². The molecule has 36 heavy (non-hydrogen) atoms. The Morgan fingerprint density at radius 1 is 1.00 bits per heavy atom. The van der Waals surface area contributed by atoms with Crippen molar-refractivity contribution in [3.05, 3.63) is 88.0 Å². The second-order valence-corrected chi connectivity index (χ2v) is 9.47. The molecule has 0 aliphatic heterocycles. The summed E-state index contributed by atoms with van der Waals surface area (Å²) < 4.78 is 65.1. The van der Waals surface area contributed by atoms with Crippen molar-refractivity contribution in [3.63, 3.8) is 0 Å². The number of nitrogens with two attached hydrogens (primary N) is 1. The average Bonchev–Trinajstić information content (AvgIpc) is 2.82. The second kappa shape index (κ2) is 11.2. The molecule has 0 atom stereocenters. The zero-order chi connectivity index (χ0) is 26.6. The highest BCUT2D eigenvalue weighted by atomic mass is 32.2. The summed E-state index contributed by atoms with van der Waals surface area (Å²) in [5.74, 6) is -5.28. The zero-order valence-corrected chi connectivity index (χ0v) is 20.6. The Kier molecular flexibility index (Phi) is 8.49. The van der Waals surface area contributed by atoms with Crippen molar-refractivity contribution in [2.45, 2.75) is 32.7 Å². The maximum absolute atomic E-state index is 15.1. The first-order valence-corrected chi connectivity index (χ1v) is 11.7. The first-order valence-electron chi connectivity index (χ1n) is 10.8. The summed E-state index contributed by atoms with van der Waals surface area (Å²) >= 11 is 0.950. The number of rotatable bonds is 10. The van der Waals surface area contributed by atoms with Crippen molar-refractivity contribution in [1.82, 2.24) is 4.72 Å². The highest BCUT2D eigenvalue weighted by Crippen LogP contribution is 2.32. The van der Waals surface area contributed by atoms with Crippen LogP contribution in [0.1, 0.15) is 40.9 Å². The van der Waals surface area contributed by atoms with Gasteiger partial charge < -0.3 is 20.9 Å². The normalized spacial score (nSPS) is 11.4. The minimum atomic E-state index is -1.44. The van der Waals surface area contributed by atoms with Crippen LogP contribution in [-0.4, -0.2) is 23.2 Å². The van der Waals surface area contributed by atoms with E-state index in [1.165, 1.54) is 30.3 Å². The van der Waals surface area contributed by atoms with Crippen molar-refractivity contribution in [3.8, 4) is 0 Å². The zero-order valence-electron chi connectivity index (χ0n) is 19.8. The van der Waals surface area contributed by atoms with E-state index in [1.54, 1.807) is 26.8 Å². The molecule has 3 aromatic rings. The standard InChI is InChI=1S/C25H26F4N4O2S/c1-13-7-8-18(17(26)9-13)31-23-16(24(30)35)11-15(21(28)22(23)29)10-14-5-4-6-19(20(14)27)32-36-33-25(2,3)12-34/h4-9,11,31-34H,10,12H2,1-3H3,(H2,30,35). The molecule has 0 bridgehead atoms. The molecule has 0 saturated heterocycles. The molecule has 0 aliphatic carbocycles. The van der Waals surface area contributed by atoms with Crippen LogP contribution < -0.4 is 20.5 Å². The van der Waals surface area contributed by atoms with E-state index in [0.717, 1.165) is 18.2 Å². The van der Waals surface area contributed by atoms with Gasteiger partial charge in [-0.05, 0) is 61.7 Å². The smallest absolute Gasteiger partial charge is 0.250 e. The lowest BCUT2D eigenvalue weighted by atomic mass is 9.99. The molecule has 11 heteroatoms. The van der Waals surface area contributed by atoms with Crippen molar-refractivity contribution in [1.29, 1.82) is 0 Å². The van der Waals surface area contributed by atoms with Crippen LogP contribution in [0.15, 0.2) is 42.5 Å². The van der Waals surface area contributed by atoms with E-state index >= 15 is 13.2 Å². The van der Waals surface area contributed by atoms with E-state index in [-0.39, 0.29) is 35.5 Å². The third-order valence-electron chi connectivity index (χ3n) is 5.27. The first-order chi connectivity index (χ1) is 16.9. The number of carbonyl (C=O) groups is 1. The van der Waals surface area contributed by atoms with Gasteiger partial charge in [-0.1, -0.05) is 18.2 Å². The lowest BCUT2D eigenvalue weighted by Gasteiger charge is -2.22. The van der Waals surface area contributed by atoms with Gasteiger partial charge in [0, 0.05) is 24.1 Å². The van der Waals surface area contributed by atoms with Crippen LogP contribution in [0.25, 0.3) is 0 Å². The van der Waals surface area contributed by atoms with Gasteiger partial charge >= 0.3 is 0 Å². The lowest BCUT2D eigenvalue weighted by molar-refractivity contribution is 0.100. The van der Waals surface area contributed by atoms with Gasteiger partial charge in [0.15, 0.2) is 17.5 Å². The average molecular weight is 523 g/mol. The van der Waals surface area contributed by atoms with Crippen LogP contribution in [0, 0.1) is 30.2 Å². The van der Waals surface area contributed by atoms with Crippen molar-refractivity contribution in [2.75, 3.05) is 16.6 Å². The molecule has 0 saturated carbocycles. The quantitative estimate of drug-likeness (QED) is 0.183. The SMILES string of the molecule is Cc1ccc(Nc2c(C(N)=O)cc(Cc3cccc(NSNC(C)(C)CO)c3F)c(F)c2F)c(F)c1. The van der Waals surface area contributed by atoms with Gasteiger partial charge in [0.05, 0.1) is 29.2 Å². The van der Waals surface area contributed by atoms with Crippen LogP contribution in [0.3, 0.4) is 0 Å². The molecule has 0 heterocycles. The number of aliphatic hydroxyl groups is 1. The molecular formula is C25H26F4N4O2S. The van der Waals surface area contributed by atoms with Gasteiger partial charge in [0.1, 0.15) is 5.82 Å². The fourth-order valence-electron chi connectivity index (χ4n) is 3.23. The maximum atomic E-state index is 15.1. The van der Waals surface area contributed by atoms with Crippen LogP contribution in [0.2, 0.25) is 0 Å². The molecule has 0 spiro atoms. The predicted octanol–water partition coefficient (Wildman–Crippen LogP) is 5.32. The van der Waals surface area contributed by atoms with Crippen LogP contribution >= 0.6 is 12.1 Å². The molecule has 0 radical (unpaired) electrons. The van der Waals surface area contributed by atoms with Gasteiger partial charge in [-0.15, -0.1) is 0 Å². The molecule has 1 amide bonds. The fraction of sp³-hybridized carbons (Fsp3) is 0.240. The van der Waals surface area contributed by atoms with E-state index in [2.05, 4.69) is 14.8 Å². The summed E-state index contributed by atoms with van der Waals surface area (Å²) in [6.45, 7) is 4.99. The summed E-state index contributed by atoms with van der Waals surface area (Å²) in [6, 6.07) is 9.47. The van der Waals surface area contributed by atoms with E-state index in [0.29, 0.717) is 5.56 Å². The predicted molar refractivity (Wildman–Crippen MR) is 134 cm³/mol. The van der Waals surface area contributed by atoms with Crippen LogP contribution in [-0.2, 0) is 6.42 Å². The molecular weight excluding hydrogens is 496 g/mol. The highest BCUT2D eigenvalue weighted by molar-refractivity contribution is 7.98. The van der Waals surface area contributed by atoms with Crippen LogP contribution in [0.5, 0.6) is 0 Å². The van der Waals surface area contributed by atoms with Crippen LogP contribution in [0.4, 0.5) is 34.6 Å². The van der Waals surface area contributed by atoms with Crippen molar-refractivity contribution < 1.29 is 27.5 Å². The highest BCUT2D eigenvalue weighted by Gasteiger charge is 2.23. The molecule has 0 aliphatic rings. The van der Waals surface area contributed by atoms with Gasteiger partial charge in [-0.3, -0.25) is 4.79 Å². The molecule has 3 rings (SSSR count). The number of hydrogen-bond acceptors (Lipinski definition) is 6. The Balaban J connectivity index is 1.92. The Bertz CT molecular complexity index is 1290. The Morgan fingerprint density at radius 3 is 2.36 bits per heavy atom. The van der Waals surface area contributed by atoms with Gasteiger partial charge in [-0.2, -0.15) is 0 Å². The lowest BCUT2D eigenvalue weighted by Crippen LogP contribution is -2.38. The van der Waals surface area contributed by atoms with E-state index in [9.17, 15) is 14.3 Å². The maximum Gasteiger partial charge on any atom is 0.250 e. The van der Waals surface area contributed by atoms with E-state index in [4.69, 9.17) is 5.73 Å².